The van der Waals surface area contributed by atoms with Crippen molar-refractivity contribution in [2.75, 3.05) is 12.3 Å². The molecule has 24 heavy (non-hydrogen) atoms. The van der Waals surface area contributed by atoms with Crippen molar-refractivity contribution in [2.45, 2.75) is 25.8 Å². The molecule has 0 unspecified atom stereocenters. The van der Waals surface area contributed by atoms with Crippen LogP contribution in [0.4, 0.5) is 32.0 Å². The van der Waals surface area contributed by atoms with Crippen molar-refractivity contribution in [3.63, 3.8) is 0 Å². The topological polar surface area (TPSA) is 53.1 Å². The number of ether oxygens (including phenoxy) is 1. The lowest BCUT2D eigenvalue weighted by molar-refractivity contribution is -0.144. The summed E-state index contributed by atoms with van der Waals surface area (Å²) >= 11 is 0. The fraction of sp³-hybridized carbons (Fsp3) is 0.357. The molecule has 0 atom stereocenters. The molecule has 0 saturated heterocycles. The Balaban J connectivity index is 2.13. The zero-order chi connectivity index (χ0) is 18.1. The summed E-state index contributed by atoms with van der Waals surface area (Å²) in [6, 6.07) is 4.62. The summed E-state index contributed by atoms with van der Waals surface area (Å²) in [7, 11) is 0. The highest BCUT2D eigenvalue weighted by Crippen LogP contribution is 2.35. The quantitative estimate of drug-likeness (QED) is 0.670. The van der Waals surface area contributed by atoms with Gasteiger partial charge in [-0.15, -0.1) is 0 Å². The number of alkyl halides is 6. The maximum atomic E-state index is 12.8. The van der Waals surface area contributed by atoms with Crippen molar-refractivity contribution in [1.29, 1.82) is 0 Å². The number of benzene rings is 1. The van der Waals surface area contributed by atoms with Gasteiger partial charge in [0.1, 0.15) is 18.1 Å². The second-order valence-corrected chi connectivity index (χ2v) is 5.00. The Labute approximate surface area is 132 Å². The van der Waals surface area contributed by atoms with E-state index >= 15 is 0 Å². The van der Waals surface area contributed by atoms with Gasteiger partial charge in [0.2, 0.25) is 0 Å². The van der Waals surface area contributed by atoms with Crippen molar-refractivity contribution in [3.05, 3.63) is 41.2 Å². The summed E-state index contributed by atoms with van der Waals surface area (Å²) in [5.41, 5.74) is 3.77. The lowest BCUT2D eigenvalue weighted by atomic mass is 10.2. The Morgan fingerprint density at radius 2 is 1.75 bits per heavy atom. The van der Waals surface area contributed by atoms with Crippen molar-refractivity contribution < 1.29 is 31.1 Å². The van der Waals surface area contributed by atoms with Gasteiger partial charge in [0.15, 0.2) is 5.69 Å². The summed E-state index contributed by atoms with van der Waals surface area (Å²) in [6.45, 7) is 0.937. The van der Waals surface area contributed by atoms with E-state index in [-0.39, 0.29) is 17.4 Å². The second kappa shape index (κ2) is 6.25. The smallest absolute Gasteiger partial charge is 0.435 e. The van der Waals surface area contributed by atoms with Gasteiger partial charge < -0.3 is 10.5 Å². The molecular weight excluding hydrogens is 340 g/mol. The minimum atomic E-state index is -4.96. The number of nitrogens with zero attached hydrogens (tertiary/aromatic N) is 2. The number of aryl methyl sites for hydroxylation is 1. The zero-order valence-corrected chi connectivity index (χ0v) is 12.4. The number of hydrogen-bond acceptors (Lipinski definition) is 3. The normalized spacial score (nSPS) is 12.5. The molecule has 1 aromatic heterocycles. The van der Waals surface area contributed by atoms with E-state index in [1.165, 1.54) is 6.07 Å². The predicted molar refractivity (Wildman–Crippen MR) is 73.3 cm³/mol. The number of rotatable bonds is 4. The van der Waals surface area contributed by atoms with Crippen LogP contribution >= 0.6 is 0 Å². The molecule has 10 heteroatoms. The minimum absolute atomic E-state index is 0.0205. The molecule has 0 spiro atoms. The summed E-state index contributed by atoms with van der Waals surface area (Å²) in [5.74, 6) is 0.346. The average Bonchev–Trinajstić information content (AvgIpc) is 2.87. The van der Waals surface area contributed by atoms with Crippen molar-refractivity contribution in [2.24, 2.45) is 0 Å². The van der Waals surface area contributed by atoms with Crippen LogP contribution in [0.15, 0.2) is 24.3 Å². The molecule has 0 saturated carbocycles. The Morgan fingerprint density at radius 3 is 2.29 bits per heavy atom. The highest BCUT2D eigenvalue weighted by molar-refractivity contribution is 5.49. The summed E-state index contributed by atoms with van der Waals surface area (Å²) in [5, 5.41) is 2.98. The first-order valence-electron chi connectivity index (χ1n) is 6.69. The van der Waals surface area contributed by atoms with E-state index in [9.17, 15) is 26.3 Å². The molecular formula is C14H13F6N3O. The van der Waals surface area contributed by atoms with Crippen LogP contribution in [0, 0.1) is 6.92 Å². The third kappa shape index (κ3) is 4.12. The van der Waals surface area contributed by atoms with E-state index in [1.807, 2.05) is 0 Å². The lowest BCUT2D eigenvalue weighted by Crippen LogP contribution is -2.18. The Bertz CT molecular complexity index is 720. The predicted octanol–water partition coefficient (Wildman–Crippen LogP) is 3.89. The van der Waals surface area contributed by atoms with Gasteiger partial charge >= 0.3 is 12.4 Å². The molecule has 4 nitrogen and oxygen atoms in total. The number of anilines is 1. The van der Waals surface area contributed by atoms with E-state index in [0.29, 0.717) is 17.0 Å². The van der Waals surface area contributed by atoms with Crippen molar-refractivity contribution >= 4 is 5.69 Å². The molecule has 0 fully saturated rings. The first-order valence-corrected chi connectivity index (χ1v) is 6.69. The average molecular weight is 353 g/mol. The largest absolute Gasteiger partial charge is 0.492 e. The van der Waals surface area contributed by atoms with Gasteiger partial charge in [-0.25, -0.2) is 0 Å². The molecule has 132 valence electrons. The fourth-order valence-corrected chi connectivity index (χ4v) is 1.94. The number of hydrogen-bond donors (Lipinski definition) is 1. The van der Waals surface area contributed by atoms with Crippen molar-refractivity contribution in [3.8, 4) is 5.75 Å². The molecule has 0 aliphatic rings. The van der Waals surface area contributed by atoms with Gasteiger partial charge in [0.25, 0.3) is 0 Å². The van der Waals surface area contributed by atoms with E-state index in [2.05, 4.69) is 5.10 Å². The Hall–Kier alpha value is -2.39. The molecule has 0 aliphatic heterocycles. The highest BCUT2D eigenvalue weighted by atomic mass is 19.4. The SMILES string of the molecule is Cc1cc(OCCn2nc(C(F)(F)F)cc2C(F)(F)F)ccc1N. The van der Waals surface area contributed by atoms with Crippen LogP contribution in [0.2, 0.25) is 0 Å². The minimum Gasteiger partial charge on any atom is -0.492 e. The second-order valence-electron chi connectivity index (χ2n) is 5.00. The number of nitrogen functional groups attached to an aromatic ring is 1. The van der Waals surface area contributed by atoms with E-state index in [0.717, 1.165) is 0 Å². The van der Waals surface area contributed by atoms with Gasteiger partial charge in [-0.2, -0.15) is 31.4 Å². The maximum Gasteiger partial charge on any atom is 0.435 e. The number of halogens is 6. The summed E-state index contributed by atoms with van der Waals surface area (Å²) in [4.78, 5) is 0. The van der Waals surface area contributed by atoms with Crippen LogP contribution in [0.3, 0.4) is 0 Å². The van der Waals surface area contributed by atoms with Crippen LogP contribution in [0.1, 0.15) is 17.0 Å². The maximum absolute atomic E-state index is 12.8. The van der Waals surface area contributed by atoms with Crippen LogP contribution in [-0.2, 0) is 18.9 Å². The third-order valence-corrected chi connectivity index (χ3v) is 3.17. The van der Waals surface area contributed by atoms with E-state index < -0.39 is 30.3 Å². The molecule has 2 aromatic rings. The Kier molecular flexibility index (Phi) is 4.68. The standard InChI is InChI=1S/C14H13F6N3O/c1-8-6-9(2-3-10(8)21)24-5-4-23-12(14(18,19)20)7-11(22-23)13(15,16)17/h2-3,6-7H,4-5,21H2,1H3. The summed E-state index contributed by atoms with van der Waals surface area (Å²) in [6.07, 6.45) is -9.91. The van der Waals surface area contributed by atoms with Gasteiger partial charge in [-0.1, -0.05) is 0 Å². The number of nitrogens with two attached hydrogens (primary N) is 1. The van der Waals surface area contributed by atoms with Gasteiger partial charge in [0.05, 0.1) is 6.54 Å². The van der Waals surface area contributed by atoms with Crippen LogP contribution < -0.4 is 10.5 Å². The molecule has 2 N–H and O–H groups in total. The molecule has 0 aliphatic carbocycles. The third-order valence-electron chi connectivity index (χ3n) is 3.17. The zero-order valence-electron chi connectivity index (χ0n) is 12.4. The van der Waals surface area contributed by atoms with Crippen molar-refractivity contribution in [1.82, 2.24) is 9.78 Å². The molecule has 2 rings (SSSR count). The molecule has 0 radical (unpaired) electrons. The monoisotopic (exact) mass is 353 g/mol. The van der Waals surface area contributed by atoms with Gasteiger partial charge in [0, 0.05) is 11.8 Å². The van der Waals surface area contributed by atoms with Crippen LogP contribution in [-0.4, -0.2) is 16.4 Å². The highest BCUT2D eigenvalue weighted by Gasteiger charge is 2.41. The van der Waals surface area contributed by atoms with Gasteiger partial charge in [-0.05, 0) is 30.7 Å². The summed E-state index contributed by atoms with van der Waals surface area (Å²) < 4.78 is 81.6. The fourth-order valence-electron chi connectivity index (χ4n) is 1.94. The van der Waals surface area contributed by atoms with E-state index in [1.54, 1.807) is 19.1 Å². The van der Waals surface area contributed by atoms with Crippen LogP contribution in [0.5, 0.6) is 5.75 Å². The Morgan fingerprint density at radius 1 is 1.08 bits per heavy atom. The molecule has 0 amide bonds. The molecule has 0 bridgehead atoms. The van der Waals surface area contributed by atoms with E-state index in [4.69, 9.17) is 10.5 Å². The number of aromatic nitrogens is 2. The lowest BCUT2D eigenvalue weighted by Gasteiger charge is -2.11. The van der Waals surface area contributed by atoms with Crippen LogP contribution in [0.25, 0.3) is 0 Å². The molecule has 1 aromatic carbocycles. The first-order chi connectivity index (χ1) is 11.0. The molecule has 1 heterocycles. The first kappa shape index (κ1) is 18.0. The van der Waals surface area contributed by atoms with Gasteiger partial charge in [-0.3, -0.25) is 4.68 Å².